The molecule has 1 N–H and O–H groups in total. The monoisotopic (exact) mass is 173 g/mol. The molecule has 11 heavy (non-hydrogen) atoms. The summed E-state index contributed by atoms with van der Waals surface area (Å²) in [6.45, 7) is 5.61. The maximum Gasteiger partial charge on any atom is 0.0376 e. The number of rotatable bonds is 4. The van der Waals surface area contributed by atoms with Crippen molar-refractivity contribution in [2.75, 3.05) is 13.1 Å². The lowest BCUT2D eigenvalue weighted by atomic mass is 10.1. The third kappa shape index (κ3) is 2.84. The zero-order valence-corrected chi connectivity index (χ0v) is 7.61. The highest BCUT2D eigenvalue weighted by molar-refractivity contribution is 6.20. The summed E-state index contributed by atoms with van der Waals surface area (Å²) >= 11 is 6.09. The fourth-order valence-corrected chi connectivity index (χ4v) is 1.96. The standard InChI is InChI=1S/C9H16ClN/c1-2-6-11-7-8-4-3-5-9(8)10/h2,8-9,11H,1,3-7H2. The molecule has 0 bridgehead atoms. The van der Waals surface area contributed by atoms with E-state index in [0.29, 0.717) is 11.3 Å². The minimum Gasteiger partial charge on any atom is -0.313 e. The Morgan fingerprint density at radius 2 is 2.36 bits per heavy atom. The second-order valence-corrected chi connectivity index (χ2v) is 3.71. The lowest BCUT2D eigenvalue weighted by Gasteiger charge is -2.12. The van der Waals surface area contributed by atoms with Gasteiger partial charge in [-0.3, -0.25) is 0 Å². The molecule has 1 saturated carbocycles. The number of nitrogens with one attached hydrogen (secondary N) is 1. The van der Waals surface area contributed by atoms with Gasteiger partial charge in [-0.25, -0.2) is 0 Å². The summed E-state index contributed by atoms with van der Waals surface area (Å²) in [5.41, 5.74) is 0. The van der Waals surface area contributed by atoms with Crippen LogP contribution in [-0.2, 0) is 0 Å². The first-order chi connectivity index (χ1) is 5.34. The topological polar surface area (TPSA) is 12.0 Å². The molecule has 0 heterocycles. The summed E-state index contributed by atoms with van der Waals surface area (Å²) in [5, 5.41) is 3.71. The summed E-state index contributed by atoms with van der Waals surface area (Å²) in [6.07, 6.45) is 5.67. The Labute approximate surface area is 73.8 Å². The van der Waals surface area contributed by atoms with E-state index in [1.807, 2.05) is 6.08 Å². The second-order valence-electron chi connectivity index (χ2n) is 3.15. The molecule has 0 amide bonds. The average molecular weight is 174 g/mol. The molecule has 2 heteroatoms. The van der Waals surface area contributed by atoms with E-state index in [1.54, 1.807) is 0 Å². The lowest BCUT2D eigenvalue weighted by Crippen LogP contribution is -2.25. The van der Waals surface area contributed by atoms with Crippen LogP contribution in [0, 0.1) is 5.92 Å². The van der Waals surface area contributed by atoms with E-state index >= 15 is 0 Å². The molecule has 1 fully saturated rings. The SMILES string of the molecule is C=CCNCC1CCCC1Cl. The fourth-order valence-electron chi connectivity index (χ4n) is 1.59. The van der Waals surface area contributed by atoms with Crippen molar-refractivity contribution >= 4 is 11.6 Å². The van der Waals surface area contributed by atoms with Crippen molar-refractivity contribution in [2.45, 2.75) is 24.6 Å². The largest absolute Gasteiger partial charge is 0.313 e. The Bertz CT molecular complexity index is 125. The van der Waals surface area contributed by atoms with Crippen LogP contribution in [0.2, 0.25) is 0 Å². The molecule has 64 valence electrons. The highest BCUT2D eigenvalue weighted by atomic mass is 35.5. The van der Waals surface area contributed by atoms with Gasteiger partial charge in [-0.2, -0.15) is 0 Å². The maximum atomic E-state index is 6.09. The predicted octanol–water partition coefficient (Wildman–Crippen LogP) is 2.17. The van der Waals surface area contributed by atoms with Gasteiger partial charge in [0.15, 0.2) is 0 Å². The first kappa shape index (κ1) is 9.08. The van der Waals surface area contributed by atoms with Gasteiger partial charge in [0.25, 0.3) is 0 Å². The Morgan fingerprint density at radius 1 is 1.55 bits per heavy atom. The average Bonchev–Trinajstić information content (AvgIpc) is 2.37. The molecule has 2 unspecified atom stereocenters. The molecule has 1 aliphatic rings. The number of halogens is 1. The molecule has 0 saturated heterocycles. The Kier molecular flexibility index (Phi) is 3.95. The molecule has 0 spiro atoms. The number of alkyl halides is 1. The highest BCUT2D eigenvalue weighted by Gasteiger charge is 2.24. The van der Waals surface area contributed by atoms with E-state index in [-0.39, 0.29) is 0 Å². The van der Waals surface area contributed by atoms with E-state index < -0.39 is 0 Å². The van der Waals surface area contributed by atoms with E-state index in [1.165, 1.54) is 19.3 Å². The van der Waals surface area contributed by atoms with Crippen LogP contribution < -0.4 is 5.32 Å². The highest BCUT2D eigenvalue weighted by Crippen LogP contribution is 2.29. The molecule has 1 aliphatic carbocycles. The molecular formula is C9H16ClN. The van der Waals surface area contributed by atoms with Crippen molar-refractivity contribution in [1.82, 2.24) is 5.32 Å². The molecule has 0 aromatic rings. The Morgan fingerprint density at radius 3 is 2.91 bits per heavy atom. The molecule has 0 aromatic heterocycles. The first-order valence-corrected chi connectivity index (χ1v) is 4.74. The predicted molar refractivity (Wildman–Crippen MR) is 50.0 cm³/mol. The van der Waals surface area contributed by atoms with Gasteiger partial charge in [-0.15, -0.1) is 18.2 Å². The first-order valence-electron chi connectivity index (χ1n) is 4.30. The van der Waals surface area contributed by atoms with Crippen LogP contribution in [0.3, 0.4) is 0 Å². The summed E-state index contributed by atoms with van der Waals surface area (Å²) in [6, 6.07) is 0. The van der Waals surface area contributed by atoms with Crippen molar-refractivity contribution < 1.29 is 0 Å². The molecule has 2 atom stereocenters. The van der Waals surface area contributed by atoms with Crippen LogP contribution in [0.4, 0.5) is 0 Å². The normalized spacial score (nSPS) is 30.6. The van der Waals surface area contributed by atoms with E-state index in [2.05, 4.69) is 11.9 Å². The quantitative estimate of drug-likeness (QED) is 0.391. The van der Waals surface area contributed by atoms with Gasteiger partial charge in [0.1, 0.15) is 0 Å². The zero-order chi connectivity index (χ0) is 8.10. The summed E-state index contributed by atoms with van der Waals surface area (Å²) in [4.78, 5) is 0. The van der Waals surface area contributed by atoms with E-state index in [0.717, 1.165) is 13.1 Å². The van der Waals surface area contributed by atoms with E-state index in [9.17, 15) is 0 Å². The molecular weight excluding hydrogens is 158 g/mol. The Balaban J connectivity index is 2.10. The van der Waals surface area contributed by atoms with Crippen LogP contribution in [-0.4, -0.2) is 18.5 Å². The van der Waals surface area contributed by atoms with E-state index in [4.69, 9.17) is 11.6 Å². The third-order valence-corrected chi connectivity index (χ3v) is 2.84. The van der Waals surface area contributed by atoms with Gasteiger partial charge in [-0.1, -0.05) is 12.5 Å². The summed E-state index contributed by atoms with van der Waals surface area (Å²) in [7, 11) is 0. The number of hydrogen-bond acceptors (Lipinski definition) is 1. The van der Waals surface area contributed by atoms with Gasteiger partial charge in [0, 0.05) is 11.9 Å². The molecule has 1 nitrogen and oxygen atoms in total. The van der Waals surface area contributed by atoms with Crippen LogP contribution in [0.15, 0.2) is 12.7 Å². The van der Waals surface area contributed by atoms with Gasteiger partial charge < -0.3 is 5.32 Å². The minimum absolute atomic E-state index is 0.410. The van der Waals surface area contributed by atoms with Crippen molar-refractivity contribution in [3.05, 3.63) is 12.7 Å². The van der Waals surface area contributed by atoms with Crippen LogP contribution in [0.25, 0.3) is 0 Å². The van der Waals surface area contributed by atoms with Crippen molar-refractivity contribution in [2.24, 2.45) is 5.92 Å². The maximum absolute atomic E-state index is 6.09. The molecule has 0 aromatic carbocycles. The van der Waals surface area contributed by atoms with Crippen LogP contribution >= 0.6 is 11.6 Å². The minimum atomic E-state index is 0.410. The molecule has 0 radical (unpaired) electrons. The smallest absolute Gasteiger partial charge is 0.0376 e. The second kappa shape index (κ2) is 4.78. The van der Waals surface area contributed by atoms with Crippen LogP contribution in [0.1, 0.15) is 19.3 Å². The number of hydrogen-bond donors (Lipinski definition) is 1. The van der Waals surface area contributed by atoms with Crippen molar-refractivity contribution in [3.8, 4) is 0 Å². The van der Waals surface area contributed by atoms with Crippen molar-refractivity contribution in [3.63, 3.8) is 0 Å². The lowest BCUT2D eigenvalue weighted by molar-refractivity contribution is 0.510. The van der Waals surface area contributed by atoms with Gasteiger partial charge in [0.2, 0.25) is 0 Å². The molecule has 0 aliphatic heterocycles. The fraction of sp³-hybridized carbons (Fsp3) is 0.778. The van der Waals surface area contributed by atoms with Gasteiger partial charge >= 0.3 is 0 Å². The molecule has 1 rings (SSSR count). The van der Waals surface area contributed by atoms with Crippen molar-refractivity contribution in [1.29, 1.82) is 0 Å². The van der Waals surface area contributed by atoms with Gasteiger partial charge in [-0.05, 0) is 25.3 Å². The Hall–Kier alpha value is -0.0100. The third-order valence-electron chi connectivity index (χ3n) is 2.26. The van der Waals surface area contributed by atoms with Crippen LogP contribution in [0.5, 0.6) is 0 Å². The summed E-state index contributed by atoms with van der Waals surface area (Å²) < 4.78 is 0. The van der Waals surface area contributed by atoms with Gasteiger partial charge in [0.05, 0.1) is 0 Å². The zero-order valence-electron chi connectivity index (χ0n) is 6.85. The summed E-state index contributed by atoms with van der Waals surface area (Å²) in [5.74, 6) is 0.691.